The van der Waals surface area contributed by atoms with Crippen LogP contribution in [0.4, 0.5) is 0 Å². The van der Waals surface area contributed by atoms with Gasteiger partial charge in [-0.2, -0.15) is 5.10 Å². The lowest BCUT2D eigenvalue weighted by molar-refractivity contribution is 0.0702. The number of halogens is 1. The van der Waals surface area contributed by atoms with Gasteiger partial charge in [0.2, 0.25) is 0 Å². The average Bonchev–Trinajstić information content (AvgIpc) is 3.00. The second kappa shape index (κ2) is 8.33. The van der Waals surface area contributed by atoms with E-state index in [1.165, 1.54) is 4.90 Å². The van der Waals surface area contributed by atoms with Crippen molar-refractivity contribution in [3.63, 3.8) is 0 Å². The molecule has 7 heteroatoms. The van der Waals surface area contributed by atoms with E-state index in [0.29, 0.717) is 12.4 Å². The number of hydrogen-bond donors (Lipinski definition) is 1. The third kappa shape index (κ3) is 4.35. The fourth-order valence-corrected chi connectivity index (χ4v) is 3.07. The molecule has 0 aliphatic carbocycles. The monoisotopic (exact) mass is 384 g/mol. The zero-order chi connectivity index (χ0) is 19.4. The lowest BCUT2D eigenvalue weighted by Gasteiger charge is -2.22. The van der Waals surface area contributed by atoms with E-state index in [1.807, 2.05) is 50.2 Å². The van der Waals surface area contributed by atoms with Gasteiger partial charge in [-0.3, -0.25) is 4.79 Å². The Balaban J connectivity index is 1.94. The van der Waals surface area contributed by atoms with E-state index in [9.17, 15) is 9.90 Å². The predicted octanol–water partition coefficient (Wildman–Crippen LogP) is 3.17. The summed E-state index contributed by atoms with van der Waals surface area (Å²) < 4.78 is 1.68. The molecular formula is C20H21ClN4O2. The van der Waals surface area contributed by atoms with Crippen molar-refractivity contribution in [3.8, 4) is 5.82 Å². The minimum atomic E-state index is -0.332. The summed E-state index contributed by atoms with van der Waals surface area (Å²) >= 11 is 6.27. The van der Waals surface area contributed by atoms with Gasteiger partial charge in [0.25, 0.3) is 5.91 Å². The minimum Gasteiger partial charge on any atom is -0.395 e. The van der Waals surface area contributed by atoms with Gasteiger partial charge >= 0.3 is 0 Å². The summed E-state index contributed by atoms with van der Waals surface area (Å²) in [7, 11) is 0. The zero-order valence-corrected chi connectivity index (χ0v) is 16.0. The van der Waals surface area contributed by atoms with Crippen LogP contribution < -0.4 is 0 Å². The van der Waals surface area contributed by atoms with Crippen LogP contribution in [-0.4, -0.2) is 43.8 Å². The van der Waals surface area contributed by atoms with Crippen molar-refractivity contribution in [2.45, 2.75) is 20.4 Å². The predicted molar refractivity (Wildman–Crippen MR) is 104 cm³/mol. The number of aliphatic hydroxyl groups is 1. The molecule has 0 fully saturated rings. The van der Waals surface area contributed by atoms with E-state index in [-0.39, 0.29) is 29.8 Å². The lowest BCUT2D eigenvalue weighted by atomic mass is 10.2. The van der Waals surface area contributed by atoms with Crippen molar-refractivity contribution in [3.05, 3.63) is 76.2 Å². The number of aliphatic hydroxyl groups excluding tert-OH is 1. The lowest BCUT2D eigenvalue weighted by Crippen LogP contribution is -2.34. The largest absolute Gasteiger partial charge is 0.395 e. The Bertz CT molecular complexity index is 940. The van der Waals surface area contributed by atoms with E-state index in [1.54, 1.807) is 16.8 Å². The molecule has 0 atom stereocenters. The van der Waals surface area contributed by atoms with Gasteiger partial charge in [-0.15, -0.1) is 0 Å². The van der Waals surface area contributed by atoms with Crippen LogP contribution in [0.25, 0.3) is 5.82 Å². The van der Waals surface area contributed by atoms with Gasteiger partial charge in [0.05, 0.1) is 17.3 Å². The number of aromatic nitrogens is 3. The maximum atomic E-state index is 13.1. The highest BCUT2D eigenvalue weighted by Gasteiger charge is 2.21. The Hall–Kier alpha value is -2.70. The molecule has 0 unspecified atom stereocenters. The van der Waals surface area contributed by atoms with Crippen molar-refractivity contribution < 1.29 is 9.90 Å². The number of nitrogens with zero attached hydrogens (tertiary/aromatic N) is 4. The molecule has 0 radical (unpaired) electrons. The van der Waals surface area contributed by atoms with Gasteiger partial charge in [-0.05, 0) is 37.6 Å². The SMILES string of the molecule is Cc1cc(C)n(-c2ccc(Cl)c(C(=O)N(CCO)Cc3ccccc3)n2)n1. The third-order valence-corrected chi connectivity index (χ3v) is 4.44. The molecule has 1 aromatic carbocycles. The highest BCUT2D eigenvalue weighted by molar-refractivity contribution is 6.33. The number of hydrogen-bond acceptors (Lipinski definition) is 4. The minimum absolute atomic E-state index is 0.145. The molecule has 0 saturated heterocycles. The van der Waals surface area contributed by atoms with E-state index in [2.05, 4.69) is 10.1 Å². The molecule has 6 nitrogen and oxygen atoms in total. The number of carbonyl (C=O) groups is 1. The quantitative estimate of drug-likeness (QED) is 0.708. The van der Waals surface area contributed by atoms with E-state index >= 15 is 0 Å². The number of benzene rings is 1. The molecule has 140 valence electrons. The first-order valence-electron chi connectivity index (χ1n) is 8.64. The molecule has 0 saturated carbocycles. The molecule has 0 bridgehead atoms. The molecule has 0 aliphatic heterocycles. The number of carbonyl (C=O) groups excluding carboxylic acids is 1. The summed E-state index contributed by atoms with van der Waals surface area (Å²) in [5, 5.41) is 14.1. The summed E-state index contributed by atoms with van der Waals surface area (Å²) in [6, 6.07) is 14.9. The van der Waals surface area contributed by atoms with E-state index in [0.717, 1.165) is 17.0 Å². The van der Waals surface area contributed by atoms with Gasteiger partial charge < -0.3 is 10.0 Å². The molecule has 0 aliphatic rings. The maximum Gasteiger partial charge on any atom is 0.274 e. The standard InChI is InChI=1S/C20H21ClN4O2/c1-14-12-15(2)25(23-14)18-9-8-17(21)19(22-18)20(27)24(10-11-26)13-16-6-4-3-5-7-16/h3-9,12,26H,10-11,13H2,1-2H3. The highest BCUT2D eigenvalue weighted by atomic mass is 35.5. The van der Waals surface area contributed by atoms with Crippen LogP contribution in [0.1, 0.15) is 27.4 Å². The molecule has 3 aromatic rings. The van der Waals surface area contributed by atoms with Crippen LogP contribution in [0.3, 0.4) is 0 Å². The molecule has 1 amide bonds. The Kier molecular flexibility index (Phi) is 5.88. The fourth-order valence-electron chi connectivity index (χ4n) is 2.89. The molecule has 1 N–H and O–H groups in total. The van der Waals surface area contributed by atoms with Crippen LogP contribution in [0.2, 0.25) is 5.02 Å². The van der Waals surface area contributed by atoms with Gasteiger partial charge in [0.15, 0.2) is 5.82 Å². The summed E-state index contributed by atoms with van der Waals surface area (Å²) in [4.78, 5) is 19.1. The molecule has 27 heavy (non-hydrogen) atoms. The maximum absolute atomic E-state index is 13.1. The number of rotatable bonds is 6. The smallest absolute Gasteiger partial charge is 0.274 e. The van der Waals surface area contributed by atoms with Crippen molar-refractivity contribution >= 4 is 17.5 Å². The van der Waals surface area contributed by atoms with Crippen molar-refractivity contribution in [2.75, 3.05) is 13.2 Å². The Morgan fingerprint density at radius 1 is 1.19 bits per heavy atom. The van der Waals surface area contributed by atoms with Crippen molar-refractivity contribution in [2.24, 2.45) is 0 Å². The average molecular weight is 385 g/mol. The van der Waals surface area contributed by atoms with Gasteiger partial charge in [-0.1, -0.05) is 41.9 Å². The second-order valence-electron chi connectivity index (χ2n) is 6.27. The molecule has 3 rings (SSSR count). The first-order chi connectivity index (χ1) is 13.0. The van der Waals surface area contributed by atoms with E-state index < -0.39 is 0 Å². The second-order valence-corrected chi connectivity index (χ2v) is 6.68. The van der Waals surface area contributed by atoms with Crippen LogP contribution in [0.15, 0.2) is 48.5 Å². The number of pyridine rings is 1. The summed E-state index contributed by atoms with van der Waals surface area (Å²) in [5.41, 5.74) is 2.89. The highest BCUT2D eigenvalue weighted by Crippen LogP contribution is 2.20. The summed E-state index contributed by atoms with van der Waals surface area (Å²) in [6.07, 6.45) is 0. The Morgan fingerprint density at radius 2 is 1.93 bits per heavy atom. The van der Waals surface area contributed by atoms with Crippen molar-refractivity contribution in [1.29, 1.82) is 0 Å². The summed E-state index contributed by atoms with van der Waals surface area (Å²) in [5.74, 6) is 0.193. The number of amides is 1. The Morgan fingerprint density at radius 3 is 2.56 bits per heavy atom. The first-order valence-corrected chi connectivity index (χ1v) is 9.01. The normalized spacial score (nSPS) is 10.8. The molecule has 2 heterocycles. The summed E-state index contributed by atoms with van der Waals surface area (Å²) in [6.45, 7) is 4.23. The van der Waals surface area contributed by atoms with Crippen LogP contribution in [0.5, 0.6) is 0 Å². The zero-order valence-electron chi connectivity index (χ0n) is 15.3. The topological polar surface area (TPSA) is 71.2 Å². The third-order valence-electron chi connectivity index (χ3n) is 4.13. The van der Waals surface area contributed by atoms with Crippen molar-refractivity contribution in [1.82, 2.24) is 19.7 Å². The van der Waals surface area contributed by atoms with Gasteiger partial charge in [0.1, 0.15) is 5.69 Å². The van der Waals surface area contributed by atoms with Gasteiger partial charge in [0, 0.05) is 18.8 Å². The van der Waals surface area contributed by atoms with Crippen LogP contribution in [-0.2, 0) is 6.54 Å². The van der Waals surface area contributed by atoms with Crippen LogP contribution in [0, 0.1) is 13.8 Å². The molecular weight excluding hydrogens is 364 g/mol. The van der Waals surface area contributed by atoms with Gasteiger partial charge in [-0.25, -0.2) is 9.67 Å². The molecule has 2 aromatic heterocycles. The number of aryl methyl sites for hydroxylation is 2. The Labute approximate surface area is 163 Å². The fraction of sp³-hybridized carbons (Fsp3) is 0.250. The van der Waals surface area contributed by atoms with Crippen LogP contribution >= 0.6 is 11.6 Å². The first kappa shape index (κ1) is 19.1. The van der Waals surface area contributed by atoms with E-state index in [4.69, 9.17) is 11.6 Å². The molecule has 0 spiro atoms.